The molecule has 0 aromatic heterocycles. The first-order chi connectivity index (χ1) is 16.9. The van der Waals surface area contributed by atoms with Crippen LogP contribution in [-0.2, 0) is 6.54 Å². The van der Waals surface area contributed by atoms with Gasteiger partial charge in [-0.25, -0.2) is 0 Å². The third-order valence-electron chi connectivity index (χ3n) is 6.82. The van der Waals surface area contributed by atoms with Gasteiger partial charge < -0.3 is 24.8 Å². The minimum absolute atomic E-state index is 0.123. The number of benzene rings is 2. The lowest BCUT2D eigenvalue weighted by molar-refractivity contribution is 0.0694. The minimum Gasteiger partial charge on any atom is -0.497 e. The molecule has 6 heteroatoms. The summed E-state index contributed by atoms with van der Waals surface area (Å²) in [6.45, 7) is 11.5. The molecular weight excluding hydrogens is 436 g/mol. The first-order valence-electron chi connectivity index (χ1n) is 12.8. The standard InChI is InChI=1S/C27H36N4O2.C2H6/c1-6-25-27(28-23-18-22(33-5)11-12-24(23)31(25)7-2)13-15-30(16-14-27)26(32)21-10-8-9-20(17-21)19-29(3)4;1-2/h6,8-12,17-18,28H,7,13-16,19H2,1-5H3;1-2H3/b25-6-;. The summed E-state index contributed by atoms with van der Waals surface area (Å²) in [6, 6.07) is 14.3. The number of nitrogens with zero attached hydrogens (tertiary/aromatic N) is 3. The molecule has 0 aliphatic carbocycles. The van der Waals surface area contributed by atoms with Gasteiger partial charge in [-0.1, -0.05) is 32.1 Å². The zero-order valence-electron chi connectivity index (χ0n) is 22.5. The monoisotopic (exact) mass is 478 g/mol. The van der Waals surface area contributed by atoms with E-state index in [2.05, 4.69) is 53.2 Å². The fourth-order valence-electron chi connectivity index (χ4n) is 5.28. The predicted octanol–water partition coefficient (Wildman–Crippen LogP) is 5.61. The van der Waals surface area contributed by atoms with Gasteiger partial charge in [-0.3, -0.25) is 4.79 Å². The largest absolute Gasteiger partial charge is 0.497 e. The van der Waals surface area contributed by atoms with Crippen molar-refractivity contribution in [3.63, 3.8) is 0 Å². The molecule has 1 spiro atoms. The number of allylic oxidation sites excluding steroid dienone is 1. The van der Waals surface area contributed by atoms with E-state index in [0.717, 1.165) is 61.6 Å². The molecule has 0 saturated carbocycles. The predicted molar refractivity (Wildman–Crippen MR) is 146 cm³/mol. The number of anilines is 2. The maximum absolute atomic E-state index is 13.3. The Bertz CT molecular complexity index is 1040. The number of fused-ring (bicyclic) bond motifs is 1. The Morgan fingerprint density at radius 1 is 1.14 bits per heavy atom. The highest BCUT2D eigenvalue weighted by molar-refractivity contribution is 5.94. The molecule has 6 nitrogen and oxygen atoms in total. The molecule has 1 N–H and O–H groups in total. The van der Waals surface area contributed by atoms with Gasteiger partial charge in [0.25, 0.3) is 5.91 Å². The SMILES string of the molecule is C/C=C1\N(CC)c2ccc(OC)cc2NC12CCN(C(=O)c1cccc(CN(C)C)c1)CC2.CC. The van der Waals surface area contributed by atoms with E-state index in [1.54, 1.807) is 7.11 Å². The second kappa shape index (κ2) is 11.6. The van der Waals surface area contributed by atoms with E-state index < -0.39 is 0 Å². The summed E-state index contributed by atoms with van der Waals surface area (Å²) in [4.78, 5) is 19.8. The van der Waals surface area contributed by atoms with Crippen molar-refractivity contribution in [2.75, 3.05) is 51.1 Å². The summed E-state index contributed by atoms with van der Waals surface area (Å²) >= 11 is 0. The number of piperidine rings is 1. The number of carbonyl (C=O) groups excluding carboxylic acids is 1. The molecule has 0 radical (unpaired) electrons. The van der Waals surface area contributed by atoms with Crippen molar-refractivity contribution < 1.29 is 9.53 Å². The molecule has 1 saturated heterocycles. The third kappa shape index (κ3) is 5.48. The van der Waals surface area contributed by atoms with Crippen molar-refractivity contribution in [1.29, 1.82) is 0 Å². The van der Waals surface area contributed by atoms with Crippen LogP contribution in [0, 0.1) is 0 Å². The van der Waals surface area contributed by atoms with Crippen molar-refractivity contribution >= 4 is 17.3 Å². The Labute approximate surface area is 211 Å². The number of hydrogen-bond acceptors (Lipinski definition) is 5. The van der Waals surface area contributed by atoms with Crippen LogP contribution < -0.4 is 15.0 Å². The summed E-state index contributed by atoms with van der Waals surface area (Å²) in [5.41, 5.74) is 5.31. The average Bonchev–Trinajstić information content (AvgIpc) is 2.88. The van der Waals surface area contributed by atoms with Crippen LogP contribution in [0.4, 0.5) is 11.4 Å². The molecule has 35 heavy (non-hydrogen) atoms. The lowest BCUT2D eigenvalue weighted by Gasteiger charge is -2.51. The van der Waals surface area contributed by atoms with Crippen molar-refractivity contribution in [2.45, 2.75) is 52.6 Å². The minimum atomic E-state index is -0.187. The quantitative estimate of drug-likeness (QED) is 0.605. The molecule has 2 heterocycles. The van der Waals surface area contributed by atoms with Crippen LogP contribution in [0.1, 0.15) is 56.5 Å². The zero-order chi connectivity index (χ0) is 25.6. The van der Waals surface area contributed by atoms with Crippen LogP contribution in [0.25, 0.3) is 0 Å². The first kappa shape index (κ1) is 26.6. The Balaban J connectivity index is 0.00000167. The van der Waals surface area contributed by atoms with Crippen LogP contribution in [0.5, 0.6) is 5.75 Å². The Morgan fingerprint density at radius 2 is 1.86 bits per heavy atom. The smallest absolute Gasteiger partial charge is 0.253 e. The number of rotatable bonds is 5. The second-order valence-corrected chi connectivity index (χ2v) is 9.24. The van der Waals surface area contributed by atoms with E-state index in [4.69, 9.17) is 4.74 Å². The number of likely N-dealkylation sites (tertiary alicyclic amines) is 1. The summed E-state index contributed by atoms with van der Waals surface area (Å²) < 4.78 is 5.48. The number of methoxy groups -OCH3 is 1. The van der Waals surface area contributed by atoms with E-state index in [9.17, 15) is 4.79 Å². The molecule has 1 fully saturated rings. The van der Waals surface area contributed by atoms with Crippen molar-refractivity contribution in [3.8, 4) is 5.75 Å². The molecule has 2 aliphatic heterocycles. The van der Waals surface area contributed by atoms with Crippen LogP contribution >= 0.6 is 0 Å². The van der Waals surface area contributed by atoms with Crippen LogP contribution in [0.2, 0.25) is 0 Å². The normalized spacial score (nSPS) is 17.5. The molecule has 190 valence electrons. The second-order valence-electron chi connectivity index (χ2n) is 9.24. The summed E-state index contributed by atoms with van der Waals surface area (Å²) in [6.07, 6.45) is 3.96. The Morgan fingerprint density at radius 3 is 2.46 bits per heavy atom. The van der Waals surface area contributed by atoms with Gasteiger partial charge in [0.2, 0.25) is 0 Å². The summed E-state index contributed by atoms with van der Waals surface area (Å²) in [5, 5.41) is 3.85. The van der Waals surface area contributed by atoms with Gasteiger partial charge in [-0.2, -0.15) is 0 Å². The maximum atomic E-state index is 13.3. The van der Waals surface area contributed by atoms with E-state index in [1.165, 1.54) is 11.4 Å². The molecule has 4 rings (SSSR count). The molecule has 0 bridgehead atoms. The summed E-state index contributed by atoms with van der Waals surface area (Å²) in [5.74, 6) is 0.972. The van der Waals surface area contributed by atoms with Gasteiger partial charge in [-0.05, 0) is 70.6 Å². The molecular formula is C29H42N4O2. The lowest BCUT2D eigenvalue weighted by Crippen LogP contribution is -2.57. The fraction of sp³-hybridized carbons (Fsp3) is 0.483. The van der Waals surface area contributed by atoms with Crippen molar-refractivity contribution in [3.05, 3.63) is 65.4 Å². The van der Waals surface area contributed by atoms with Gasteiger partial charge >= 0.3 is 0 Å². The van der Waals surface area contributed by atoms with Gasteiger partial charge in [0.15, 0.2) is 0 Å². The Kier molecular flexibility index (Phi) is 8.84. The van der Waals surface area contributed by atoms with E-state index in [1.807, 2.05) is 57.1 Å². The van der Waals surface area contributed by atoms with Crippen LogP contribution in [0.3, 0.4) is 0 Å². The number of amides is 1. The number of hydrogen-bond donors (Lipinski definition) is 1. The number of carbonyl (C=O) groups is 1. The maximum Gasteiger partial charge on any atom is 0.253 e. The van der Waals surface area contributed by atoms with E-state index in [-0.39, 0.29) is 11.4 Å². The fourth-order valence-corrected chi connectivity index (χ4v) is 5.28. The number of nitrogens with one attached hydrogen (secondary N) is 1. The highest BCUT2D eigenvalue weighted by Gasteiger charge is 2.44. The molecule has 0 unspecified atom stereocenters. The van der Waals surface area contributed by atoms with Crippen molar-refractivity contribution in [1.82, 2.24) is 9.80 Å². The van der Waals surface area contributed by atoms with Gasteiger partial charge in [0.1, 0.15) is 5.75 Å². The topological polar surface area (TPSA) is 48.1 Å². The first-order valence-corrected chi connectivity index (χ1v) is 12.8. The molecule has 2 aromatic rings. The Hall–Kier alpha value is -2.99. The van der Waals surface area contributed by atoms with Crippen molar-refractivity contribution in [2.24, 2.45) is 0 Å². The summed E-state index contributed by atoms with van der Waals surface area (Å²) in [7, 11) is 5.79. The average molecular weight is 479 g/mol. The zero-order valence-corrected chi connectivity index (χ0v) is 22.5. The lowest BCUT2D eigenvalue weighted by atomic mass is 9.80. The molecule has 2 aliphatic rings. The number of likely N-dealkylation sites (N-methyl/N-ethyl adjacent to an activating group) is 1. The molecule has 2 aromatic carbocycles. The van der Waals surface area contributed by atoms with Crippen LogP contribution in [-0.4, -0.2) is 62.1 Å². The highest BCUT2D eigenvalue weighted by Crippen LogP contribution is 2.46. The number of ether oxygens (including phenoxy) is 1. The van der Waals surface area contributed by atoms with E-state index >= 15 is 0 Å². The van der Waals surface area contributed by atoms with Gasteiger partial charge in [0, 0.05) is 43.5 Å². The van der Waals surface area contributed by atoms with Crippen LogP contribution in [0.15, 0.2) is 54.2 Å². The van der Waals surface area contributed by atoms with Gasteiger partial charge in [-0.15, -0.1) is 0 Å². The van der Waals surface area contributed by atoms with Gasteiger partial charge in [0.05, 0.1) is 24.0 Å². The molecule has 1 amide bonds. The third-order valence-corrected chi connectivity index (χ3v) is 6.82. The van der Waals surface area contributed by atoms with E-state index in [0.29, 0.717) is 0 Å². The highest BCUT2D eigenvalue weighted by atomic mass is 16.5. The molecule has 0 atom stereocenters.